The molecule has 4 rings (SSSR count). The minimum absolute atomic E-state index is 0.0678. The van der Waals surface area contributed by atoms with E-state index in [-0.39, 0.29) is 30.7 Å². The van der Waals surface area contributed by atoms with Gasteiger partial charge in [0.15, 0.2) is 6.61 Å². The zero-order chi connectivity index (χ0) is 27.8. The first-order chi connectivity index (χ1) is 18.8. The first kappa shape index (κ1) is 27.2. The van der Waals surface area contributed by atoms with Crippen molar-refractivity contribution in [2.45, 2.75) is 25.9 Å². The fourth-order valence-corrected chi connectivity index (χ4v) is 4.36. The van der Waals surface area contributed by atoms with Gasteiger partial charge in [0, 0.05) is 49.5 Å². The number of carbonyl (C=O) groups is 2. The number of fused-ring (bicyclic) bond motifs is 1. The maximum atomic E-state index is 12.9. The Kier molecular flexibility index (Phi) is 8.78. The number of non-ortho nitro benzene ring substituents is 1. The summed E-state index contributed by atoms with van der Waals surface area (Å²) in [6, 6.07) is 20.3. The average molecular weight is 530 g/mol. The van der Waals surface area contributed by atoms with Gasteiger partial charge in [-0.15, -0.1) is 0 Å². The van der Waals surface area contributed by atoms with Crippen molar-refractivity contribution in [3.8, 4) is 11.5 Å². The molecule has 39 heavy (non-hydrogen) atoms. The second-order valence-corrected chi connectivity index (χ2v) is 9.02. The molecule has 0 fully saturated rings. The van der Waals surface area contributed by atoms with Crippen molar-refractivity contribution in [3.05, 3.63) is 100 Å². The van der Waals surface area contributed by atoms with Crippen LogP contribution in [-0.2, 0) is 16.1 Å². The maximum absolute atomic E-state index is 12.9. The summed E-state index contributed by atoms with van der Waals surface area (Å²) in [4.78, 5) is 37.6. The van der Waals surface area contributed by atoms with Gasteiger partial charge in [0.2, 0.25) is 5.91 Å². The number of nitro groups is 1. The van der Waals surface area contributed by atoms with E-state index in [0.717, 1.165) is 22.4 Å². The number of methoxy groups -OCH3 is 1. The number of nitrogens with zero attached hydrogens (tertiary/aromatic N) is 3. The molecule has 1 aliphatic rings. The van der Waals surface area contributed by atoms with Crippen LogP contribution in [0.1, 0.15) is 24.5 Å². The molecule has 0 spiro atoms. The molecule has 0 saturated carbocycles. The Morgan fingerprint density at radius 1 is 1.05 bits per heavy atom. The molecule has 1 aliphatic heterocycles. The van der Waals surface area contributed by atoms with Crippen LogP contribution in [0.3, 0.4) is 0 Å². The van der Waals surface area contributed by atoms with Gasteiger partial charge in [-0.25, -0.2) is 0 Å². The Morgan fingerprint density at radius 3 is 2.49 bits per heavy atom. The van der Waals surface area contributed by atoms with Gasteiger partial charge in [-0.3, -0.25) is 25.0 Å². The molecule has 3 aromatic carbocycles. The third-order valence-electron chi connectivity index (χ3n) is 6.30. The molecule has 1 heterocycles. The quantitative estimate of drug-likeness (QED) is 0.277. The summed E-state index contributed by atoms with van der Waals surface area (Å²) in [7, 11) is 1.58. The lowest BCUT2D eigenvalue weighted by molar-refractivity contribution is -0.384. The highest BCUT2D eigenvalue weighted by Gasteiger charge is 2.24. The van der Waals surface area contributed by atoms with E-state index in [1.54, 1.807) is 18.2 Å². The molecular formula is C29H29N4O6. The summed E-state index contributed by atoms with van der Waals surface area (Å²) >= 11 is 0. The van der Waals surface area contributed by atoms with Crippen LogP contribution in [0.4, 0.5) is 11.4 Å². The molecule has 1 radical (unpaired) electrons. The van der Waals surface area contributed by atoms with Crippen molar-refractivity contribution in [1.29, 1.82) is 0 Å². The molecule has 0 saturated heterocycles. The van der Waals surface area contributed by atoms with Gasteiger partial charge >= 0.3 is 0 Å². The van der Waals surface area contributed by atoms with E-state index in [2.05, 4.69) is 10.6 Å². The number of nitrogens with one attached hydrogen (secondary N) is 1. The van der Waals surface area contributed by atoms with E-state index in [0.29, 0.717) is 24.5 Å². The van der Waals surface area contributed by atoms with Gasteiger partial charge in [-0.05, 0) is 36.3 Å². The molecule has 201 valence electrons. The molecule has 10 heteroatoms. The summed E-state index contributed by atoms with van der Waals surface area (Å²) in [6.07, 6.45) is 2.23. The standard InChI is InChI=1S/C29H29N4O6/c1-20(34)32(17-21-7-3-6-10-28(21)38-2)18-23(15-22-16-30-27-9-5-4-8-26(22)27)31-29(35)19-39-25-13-11-24(12-14-25)33(36)37/h3-14,16,23H,15,17-19H2,1-2H3,(H,31,35). The predicted octanol–water partition coefficient (Wildman–Crippen LogP) is 4.20. The Balaban J connectivity index is 1.48. The van der Waals surface area contributed by atoms with Crippen LogP contribution in [0.25, 0.3) is 5.57 Å². The van der Waals surface area contributed by atoms with Gasteiger partial charge < -0.3 is 19.7 Å². The molecule has 1 N–H and O–H groups in total. The second-order valence-electron chi connectivity index (χ2n) is 9.02. The lowest BCUT2D eigenvalue weighted by Gasteiger charge is -2.28. The zero-order valence-corrected chi connectivity index (χ0v) is 21.7. The monoisotopic (exact) mass is 529 g/mol. The molecule has 1 atom stereocenters. The van der Waals surface area contributed by atoms with Crippen molar-refractivity contribution < 1.29 is 24.0 Å². The first-order valence-electron chi connectivity index (χ1n) is 12.4. The SMILES string of the molecule is COc1ccccc1CN(CC(CC1=C[N]c2ccccc21)NC(=O)COc1ccc([N+](=O)[O-])cc1)C(C)=O. The summed E-state index contributed by atoms with van der Waals surface area (Å²) < 4.78 is 11.0. The summed E-state index contributed by atoms with van der Waals surface area (Å²) in [5, 5.41) is 18.3. The van der Waals surface area contributed by atoms with Crippen LogP contribution in [0, 0.1) is 10.1 Å². The van der Waals surface area contributed by atoms with Crippen molar-refractivity contribution in [3.63, 3.8) is 0 Å². The Labute approximate surface area is 226 Å². The van der Waals surface area contributed by atoms with E-state index < -0.39 is 11.0 Å². The summed E-state index contributed by atoms with van der Waals surface area (Å²) in [5.41, 5.74) is 3.58. The fraction of sp³-hybridized carbons (Fsp3) is 0.241. The molecule has 0 bridgehead atoms. The largest absolute Gasteiger partial charge is 0.496 e. The minimum atomic E-state index is -0.505. The first-order valence-corrected chi connectivity index (χ1v) is 12.4. The normalized spacial score (nSPS) is 12.4. The lowest BCUT2D eigenvalue weighted by Crippen LogP contribution is -2.46. The Morgan fingerprint density at radius 2 is 1.77 bits per heavy atom. The smallest absolute Gasteiger partial charge is 0.269 e. The molecule has 0 aliphatic carbocycles. The molecule has 10 nitrogen and oxygen atoms in total. The van der Waals surface area contributed by atoms with Gasteiger partial charge in [-0.1, -0.05) is 36.4 Å². The highest BCUT2D eigenvalue weighted by Crippen LogP contribution is 2.33. The number of amides is 2. The van der Waals surface area contributed by atoms with Crippen LogP contribution in [0.5, 0.6) is 11.5 Å². The van der Waals surface area contributed by atoms with Crippen LogP contribution in [0.15, 0.2) is 79.0 Å². The van der Waals surface area contributed by atoms with Crippen molar-refractivity contribution >= 4 is 28.8 Å². The Hall–Kier alpha value is -4.86. The molecular weight excluding hydrogens is 500 g/mol. The van der Waals surface area contributed by atoms with Gasteiger partial charge in [0.25, 0.3) is 11.6 Å². The Bertz CT molecular complexity index is 1370. The number of hydrogen-bond donors (Lipinski definition) is 1. The number of benzene rings is 3. The van der Waals surface area contributed by atoms with Crippen molar-refractivity contribution in [1.82, 2.24) is 15.5 Å². The van der Waals surface area contributed by atoms with Gasteiger partial charge in [0.1, 0.15) is 11.5 Å². The zero-order valence-electron chi connectivity index (χ0n) is 21.7. The maximum Gasteiger partial charge on any atom is 0.269 e. The van der Waals surface area contributed by atoms with Crippen LogP contribution in [-0.4, -0.2) is 47.9 Å². The van der Waals surface area contributed by atoms with Crippen LogP contribution in [0.2, 0.25) is 0 Å². The molecule has 2 amide bonds. The lowest BCUT2D eigenvalue weighted by atomic mass is 9.99. The number of ether oxygens (including phenoxy) is 2. The topological polar surface area (TPSA) is 125 Å². The number of carbonyl (C=O) groups excluding carboxylic acids is 2. The summed E-state index contributed by atoms with van der Waals surface area (Å²) in [6.45, 7) is 1.76. The van der Waals surface area contributed by atoms with Gasteiger partial charge in [-0.2, -0.15) is 0 Å². The number of rotatable bonds is 12. The molecule has 3 aromatic rings. The molecule has 0 aromatic heterocycles. The number of para-hydroxylation sites is 2. The highest BCUT2D eigenvalue weighted by atomic mass is 16.6. The van der Waals surface area contributed by atoms with E-state index in [4.69, 9.17) is 9.47 Å². The van der Waals surface area contributed by atoms with E-state index >= 15 is 0 Å². The fourth-order valence-electron chi connectivity index (χ4n) is 4.36. The minimum Gasteiger partial charge on any atom is -0.496 e. The van der Waals surface area contributed by atoms with E-state index in [1.807, 2.05) is 48.5 Å². The average Bonchev–Trinajstić information content (AvgIpc) is 3.34. The number of hydrogen-bond acceptors (Lipinski definition) is 6. The van der Waals surface area contributed by atoms with Gasteiger partial charge in [0.05, 0.1) is 23.8 Å². The third kappa shape index (κ3) is 7.13. The van der Waals surface area contributed by atoms with Crippen molar-refractivity contribution in [2.75, 3.05) is 20.3 Å². The van der Waals surface area contributed by atoms with E-state index in [1.165, 1.54) is 31.2 Å². The van der Waals surface area contributed by atoms with Crippen LogP contribution < -0.4 is 20.1 Å². The predicted molar refractivity (Wildman–Crippen MR) is 145 cm³/mol. The van der Waals surface area contributed by atoms with Crippen LogP contribution >= 0.6 is 0 Å². The summed E-state index contributed by atoms with van der Waals surface area (Å²) in [5.74, 6) is 0.475. The van der Waals surface area contributed by atoms with Crippen molar-refractivity contribution in [2.24, 2.45) is 0 Å². The second kappa shape index (κ2) is 12.6. The number of nitro benzene ring substituents is 1. The third-order valence-corrected chi connectivity index (χ3v) is 6.30. The van der Waals surface area contributed by atoms with E-state index in [9.17, 15) is 19.7 Å². The highest BCUT2D eigenvalue weighted by molar-refractivity contribution is 5.81. The molecule has 1 unspecified atom stereocenters.